The van der Waals surface area contributed by atoms with Crippen LogP contribution in [0.4, 0.5) is 0 Å². The van der Waals surface area contributed by atoms with Crippen LogP contribution in [0, 0.1) is 16.7 Å². The number of ether oxygens (including phenoxy) is 1. The molecule has 0 atom stereocenters. The van der Waals surface area contributed by atoms with Crippen molar-refractivity contribution in [3.05, 3.63) is 11.8 Å². The van der Waals surface area contributed by atoms with E-state index in [9.17, 15) is 0 Å². The summed E-state index contributed by atoms with van der Waals surface area (Å²) in [6.45, 7) is 1.92. The molecule has 0 radical (unpaired) electrons. The number of nitrogens with two attached hydrogens (primary N) is 1. The third-order valence-corrected chi connectivity index (χ3v) is 0.830. The van der Waals surface area contributed by atoms with Crippen LogP contribution in [0.2, 0.25) is 0 Å². The molecule has 3 N–H and O–H groups in total. The highest BCUT2D eigenvalue weighted by molar-refractivity contribution is 5.85. The molecule has 0 aromatic heterocycles. The first-order valence-electron chi connectivity index (χ1n) is 3.19. The Labute approximate surface area is 65.8 Å². The van der Waals surface area contributed by atoms with E-state index in [4.69, 9.17) is 21.1 Å². The molecule has 0 spiro atoms. The maximum Gasteiger partial charge on any atom is 0.207 e. The molecule has 0 aliphatic heterocycles. The van der Waals surface area contributed by atoms with Crippen molar-refractivity contribution in [2.24, 2.45) is 5.73 Å². The second-order valence-corrected chi connectivity index (χ2v) is 2.01. The van der Waals surface area contributed by atoms with E-state index in [1.807, 2.05) is 6.07 Å². The van der Waals surface area contributed by atoms with E-state index >= 15 is 0 Å². The first-order chi connectivity index (χ1) is 5.16. The van der Waals surface area contributed by atoms with E-state index < -0.39 is 0 Å². The Hall–Kier alpha value is -1.50. The first kappa shape index (κ1) is 9.50. The van der Waals surface area contributed by atoms with E-state index in [0.717, 1.165) is 0 Å². The average molecular weight is 153 g/mol. The Morgan fingerprint density at radius 3 is 2.91 bits per heavy atom. The summed E-state index contributed by atoms with van der Waals surface area (Å²) in [5.41, 5.74) is 5.79. The van der Waals surface area contributed by atoms with Gasteiger partial charge in [-0.25, -0.2) is 0 Å². The summed E-state index contributed by atoms with van der Waals surface area (Å²) >= 11 is 0. The van der Waals surface area contributed by atoms with Crippen LogP contribution >= 0.6 is 0 Å². The topological polar surface area (TPSA) is 82.9 Å². The molecule has 0 saturated heterocycles. The van der Waals surface area contributed by atoms with E-state index in [1.54, 1.807) is 6.92 Å². The second kappa shape index (κ2) is 5.30. The molecule has 4 heteroatoms. The molecule has 0 unspecified atom stereocenters. The zero-order valence-electron chi connectivity index (χ0n) is 6.42. The van der Waals surface area contributed by atoms with Gasteiger partial charge in [0.25, 0.3) is 0 Å². The summed E-state index contributed by atoms with van der Waals surface area (Å²) in [5.74, 6) is 0.000231. The Kier molecular flexibility index (Phi) is 4.58. The SMILES string of the molecule is C/C(N)=C\C(=N)OCCC#N. The lowest BCUT2D eigenvalue weighted by atomic mass is 10.4. The van der Waals surface area contributed by atoms with E-state index in [1.165, 1.54) is 6.08 Å². The van der Waals surface area contributed by atoms with Crippen LogP contribution in [0.3, 0.4) is 0 Å². The van der Waals surface area contributed by atoms with E-state index in [2.05, 4.69) is 0 Å². The molecule has 0 aliphatic rings. The Bertz CT molecular complexity index is 198. The molecule has 0 saturated carbocycles. The molecule has 0 aliphatic carbocycles. The molecule has 60 valence electrons. The lowest BCUT2D eigenvalue weighted by molar-refractivity contribution is 0.313. The number of rotatable bonds is 3. The van der Waals surface area contributed by atoms with Crippen molar-refractivity contribution >= 4 is 5.90 Å². The van der Waals surface area contributed by atoms with Gasteiger partial charge in [-0.2, -0.15) is 5.26 Å². The van der Waals surface area contributed by atoms with Crippen LogP contribution in [0.25, 0.3) is 0 Å². The maximum atomic E-state index is 8.12. The zero-order valence-corrected chi connectivity index (χ0v) is 6.42. The van der Waals surface area contributed by atoms with Crippen molar-refractivity contribution < 1.29 is 4.74 Å². The van der Waals surface area contributed by atoms with Crippen molar-refractivity contribution in [2.75, 3.05) is 6.61 Å². The minimum absolute atomic E-state index is 0.000231. The third-order valence-electron chi connectivity index (χ3n) is 0.830. The van der Waals surface area contributed by atoms with Crippen molar-refractivity contribution in [1.29, 1.82) is 10.7 Å². The molecule has 4 nitrogen and oxygen atoms in total. The molecule has 0 heterocycles. The van der Waals surface area contributed by atoms with Crippen LogP contribution in [0.5, 0.6) is 0 Å². The van der Waals surface area contributed by atoms with Gasteiger partial charge in [0, 0.05) is 11.8 Å². The Morgan fingerprint density at radius 1 is 1.82 bits per heavy atom. The van der Waals surface area contributed by atoms with Gasteiger partial charge in [0.15, 0.2) is 0 Å². The monoisotopic (exact) mass is 153 g/mol. The molecular formula is C7H11N3O. The van der Waals surface area contributed by atoms with Crippen LogP contribution in [-0.2, 0) is 4.74 Å². The Morgan fingerprint density at radius 2 is 2.45 bits per heavy atom. The molecule has 11 heavy (non-hydrogen) atoms. The van der Waals surface area contributed by atoms with Crippen LogP contribution in [0.15, 0.2) is 11.8 Å². The molecule has 0 aromatic carbocycles. The highest BCUT2D eigenvalue weighted by Gasteiger charge is 1.91. The minimum Gasteiger partial charge on any atom is -0.477 e. The lowest BCUT2D eigenvalue weighted by Crippen LogP contribution is -2.04. The van der Waals surface area contributed by atoms with Gasteiger partial charge in [0.1, 0.15) is 6.61 Å². The van der Waals surface area contributed by atoms with E-state index in [-0.39, 0.29) is 12.5 Å². The molecule has 0 rings (SSSR count). The van der Waals surface area contributed by atoms with Crippen molar-refractivity contribution in [1.82, 2.24) is 0 Å². The van der Waals surface area contributed by atoms with Gasteiger partial charge in [-0.15, -0.1) is 0 Å². The van der Waals surface area contributed by atoms with Gasteiger partial charge >= 0.3 is 0 Å². The zero-order chi connectivity index (χ0) is 8.69. The lowest BCUT2D eigenvalue weighted by Gasteiger charge is -1.99. The van der Waals surface area contributed by atoms with Crippen molar-refractivity contribution in [3.63, 3.8) is 0 Å². The highest BCUT2D eigenvalue weighted by atomic mass is 16.5. The van der Waals surface area contributed by atoms with Gasteiger partial charge in [-0.3, -0.25) is 5.41 Å². The largest absolute Gasteiger partial charge is 0.477 e. The quantitative estimate of drug-likeness (QED) is 0.356. The highest BCUT2D eigenvalue weighted by Crippen LogP contribution is 1.87. The molecule has 0 amide bonds. The predicted octanol–water partition coefficient (Wildman–Crippen LogP) is 0.756. The van der Waals surface area contributed by atoms with Crippen LogP contribution in [0.1, 0.15) is 13.3 Å². The van der Waals surface area contributed by atoms with Gasteiger partial charge in [0.2, 0.25) is 5.90 Å². The van der Waals surface area contributed by atoms with Crippen LogP contribution in [-0.4, -0.2) is 12.5 Å². The molecule has 0 aromatic rings. The number of nitrogens with one attached hydrogen (secondary N) is 1. The van der Waals surface area contributed by atoms with E-state index in [0.29, 0.717) is 12.1 Å². The van der Waals surface area contributed by atoms with Gasteiger partial charge in [0.05, 0.1) is 12.5 Å². The smallest absolute Gasteiger partial charge is 0.207 e. The minimum atomic E-state index is 0.000231. The predicted molar refractivity (Wildman–Crippen MR) is 41.9 cm³/mol. The Balaban J connectivity index is 3.56. The summed E-state index contributed by atoms with van der Waals surface area (Å²) in [6.07, 6.45) is 1.69. The summed E-state index contributed by atoms with van der Waals surface area (Å²) in [6, 6.07) is 1.90. The summed E-state index contributed by atoms with van der Waals surface area (Å²) < 4.78 is 4.80. The normalized spacial score (nSPS) is 10.4. The van der Waals surface area contributed by atoms with Crippen molar-refractivity contribution in [2.45, 2.75) is 13.3 Å². The number of hydrogen-bond donors (Lipinski definition) is 2. The fraction of sp³-hybridized carbons (Fsp3) is 0.429. The van der Waals surface area contributed by atoms with Crippen LogP contribution < -0.4 is 5.73 Å². The number of nitriles is 1. The maximum absolute atomic E-state index is 8.12. The first-order valence-corrected chi connectivity index (χ1v) is 3.19. The summed E-state index contributed by atoms with van der Waals surface area (Å²) in [4.78, 5) is 0. The molecule has 0 bridgehead atoms. The number of nitrogens with zero attached hydrogens (tertiary/aromatic N) is 1. The molecular weight excluding hydrogens is 142 g/mol. The second-order valence-electron chi connectivity index (χ2n) is 2.01. The van der Waals surface area contributed by atoms with Gasteiger partial charge in [-0.1, -0.05) is 0 Å². The number of hydrogen-bond acceptors (Lipinski definition) is 4. The van der Waals surface area contributed by atoms with Gasteiger partial charge in [-0.05, 0) is 6.92 Å². The molecule has 0 fully saturated rings. The summed E-state index contributed by atoms with van der Waals surface area (Å²) in [5, 5.41) is 15.2. The fourth-order valence-corrected chi connectivity index (χ4v) is 0.455. The fourth-order valence-electron chi connectivity index (χ4n) is 0.455. The average Bonchev–Trinajstić information content (AvgIpc) is 1.86. The third kappa shape index (κ3) is 6.38. The van der Waals surface area contributed by atoms with Crippen molar-refractivity contribution in [3.8, 4) is 6.07 Å². The number of allylic oxidation sites excluding steroid dienone is 1. The summed E-state index contributed by atoms with van der Waals surface area (Å²) in [7, 11) is 0. The standard InChI is InChI=1S/C7H11N3O/c1-6(9)5-7(10)11-4-2-3-8/h5,10H,2,4,9H2,1H3/b6-5+,10-7?. The van der Waals surface area contributed by atoms with Gasteiger partial charge < -0.3 is 10.5 Å².